The van der Waals surface area contributed by atoms with E-state index in [-0.39, 0.29) is 23.2 Å². The molecule has 0 saturated heterocycles. The van der Waals surface area contributed by atoms with Crippen LogP contribution in [0, 0.1) is 0 Å². The van der Waals surface area contributed by atoms with E-state index in [1.807, 2.05) is 18.2 Å². The molecule has 1 aliphatic rings. The van der Waals surface area contributed by atoms with Gasteiger partial charge < -0.3 is 10.3 Å². The number of H-pyrrole nitrogens is 1. The van der Waals surface area contributed by atoms with Crippen LogP contribution >= 0.6 is 0 Å². The van der Waals surface area contributed by atoms with E-state index in [4.69, 9.17) is 0 Å². The van der Waals surface area contributed by atoms with Crippen molar-refractivity contribution in [1.29, 1.82) is 0 Å². The maximum absolute atomic E-state index is 12.1. The minimum Gasteiger partial charge on any atom is -0.344 e. The third kappa shape index (κ3) is 2.47. The fourth-order valence-electron chi connectivity index (χ4n) is 2.63. The van der Waals surface area contributed by atoms with Crippen molar-refractivity contribution in [3.05, 3.63) is 63.8 Å². The van der Waals surface area contributed by atoms with Crippen LogP contribution < -0.4 is 10.9 Å². The lowest BCUT2D eigenvalue weighted by atomic mass is 9.87. The second kappa shape index (κ2) is 5.28. The van der Waals surface area contributed by atoms with Crippen LogP contribution in [0.3, 0.4) is 0 Å². The van der Waals surface area contributed by atoms with Crippen LogP contribution in [0.1, 0.15) is 40.5 Å². The van der Waals surface area contributed by atoms with Crippen molar-refractivity contribution in [2.24, 2.45) is 0 Å². The first-order valence-corrected chi connectivity index (χ1v) is 6.67. The Morgan fingerprint density at radius 3 is 3.05 bits per heavy atom. The van der Waals surface area contributed by atoms with Gasteiger partial charge in [0.2, 0.25) is 0 Å². The van der Waals surface area contributed by atoms with Crippen LogP contribution in [0.5, 0.6) is 0 Å². The number of benzene rings is 1. The highest BCUT2D eigenvalue weighted by molar-refractivity contribution is 5.92. The monoisotopic (exact) mass is 269 g/mol. The number of rotatable bonds is 2. The molecule has 0 spiro atoms. The van der Waals surface area contributed by atoms with Gasteiger partial charge in [-0.05, 0) is 30.4 Å². The van der Waals surface area contributed by atoms with E-state index in [0.29, 0.717) is 0 Å². The van der Waals surface area contributed by atoms with Crippen LogP contribution in [0.15, 0.2) is 41.5 Å². The third-order valence-electron chi connectivity index (χ3n) is 3.59. The van der Waals surface area contributed by atoms with Gasteiger partial charge in [0, 0.05) is 6.07 Å². The predicted molar refractivity (Wildman–Crippen MR) is 74.4 cm³/mol. The summed E-state index contributed by atoms with van der Waals surface area (Å²) in [5.74, 6) is -0.308. The van der Waals surface area contributed by atoms with Crippen LogP contribution in [0.2, 0.25) is 0 Å². The number of nitrogens with one attached hydrogen (secondary N) is 2. The first-order valence-electron chi connectivity index (χ1n) is 6.67. The molecule has 0 bridgehead atoms. The standard InChI is InChI=1S/C15H15N3O2/c19-14-8-13(16-9-17-14)15(20)18-12-7-3-5-10-4-1-2-6-11(10)12/h1-2,4,6,8-9,12H,3,5,7H2,(H,18,20)(H,16,17,19)/t12-/m1/s1. The van der Waals surface area contributed by atoms with Gasteiger partial charge in [-0.3, -0.25) is 9.59 Å². The van der Waals surface area contributed by atoms with Crippen molar-refractivity contribution in [1.82, 2.24) is 15.3 Å². The maximum Gasteiger partial charge on any atom is 0.270 e. The molecule has 1 heterocycles. The van der Waals surface area contributed by atoms with E-state index < -0.39 is 0 Å². The minimum atomic E-state index is -0.325. The number of aromatic amines is 1. The zero-order valence-electron chi connectivity index (χ0n) is 10.9. The number of carbonyl (C=O) groups excluding carboxylic acids is 1. The number of nitrogens with zero attached hydrogens (tertiary/aromatic N) is 1. The highest BCUT2D eigenvalue weighted by Gasteiger charge is 2.22. The SMILES string of the molecule is O=C(N[C@@H]1CCCc2ccccc21)c1cc(=O)[nH]cn1. The number of fused-ring (bicyclic) bond motifs is 1. The van der Waals surface area contributed by atoms with Gasteiger partial charge in [-0.1, -0.05) is 24.3 Å². The molecule has 0 saturated carbocycles. The number of hydrogen-bond donors (Lipinski definition) is 2. The Balaban J connectivity index is 1.82. The Kier molecular flexibility index (Phi) is 3.33. The van der Waals surface area contributed by atoms with Gasteiger partial charge in [-0.15, -0.1) is 0 Å². The largest absolute Gasteiger partial charge is 0.344 e. The van der Waals surface area contributed by atoms with Crippen LogP contribution in [-0.2, 0) is 6.42 Å². The van der Waals surface area contributed by atoms with E-state index in [9.17, 15) is 9.59 Å². The van der Waals surface area contributed by atoms with Gasteiger partial charge in [0.25, 0.3) is 11.5 Å². The maximum atomic E-state index is 12.1. The number of aryl methyl sites for hydroxylation is 1. The van der Waals surface area contributed by atoms with Gasteiger partial charge in [0.15, 0.2) is 0 Å². The molecule has 1 atom stereocenters. The number of carbonyl (C=O) groups is 1. The Hall–Kier alpha value is -2.43. The molecule has 1 aliphatic carbocycles. The quantitative estimate of drug-likeness (QED) is 0.869. The minimum absolute atomic E-state index is 0.00598. The summed E-state index contributed by atoms with van der Waals surface area (Å²) in [6, 6.07) is 9.35. The summed E-state index contributed by atoms with van der Waals surface area (Å²) in [5.41, 5.74) is 2.27. The fourth-order valence-corrected chi connectivity index (χ4v) is 2.63. The molecule has 1 amide bonds. The van der Waals surface area contributed by atoms with E-state index >= 15 is 0 Å². The summed E-state index contributed by atoms with van der Waals surface area (Å²) >= 11 is 0. The Morgan fingerprint density at radius 2 is 2.20 bits per heavy atom. The lowest BCUT2D eigenvalue weighted by Crippen LogP contribution is -2.32. The Bertz CT molecular complexity index is 693. The van der Waals surface area contributed by atoms with Crippen LogP contribution in [-0.4, -0.2) is 15.9 Å². The molecular weight excluding hydrogens is 254 g/mol. The zero-order valence-corrected chi connectivity index (χ0v) is 10.9. The number of amides is 1. The van der Waals surface area contributed by atoms with Gasteiger partial charge >= 0.3 is 0 Å². The summed E-state index contributed by atoms with van der Waals surface area (Å²) in [6.07, 6.45) is 4.24. The smallest absolute Gasteiger partial charge is 0.270 e. The Labute approximate surface area is 116 Å². The zero-order chi connectivity index (χ0) is 13.9. The molecule has 20 heavy (non-hydrogen) atoms. The number of hydrogen-bond acceptors (Lipinski definition) is 3. The highest BCUT2D eigenvalue weighted by Crippen LogP contribution is 2.29. The molecule has 1 aromatic heterocycles. The molecule has 2 N–H and O–H groups in total. The van der Waals surface area contributed by atoms with Gasteiger partial charge in [-0.2, -0.15) is 0 Å². The third-order valence-corrected chi connectivity index (χ3v) is 3.59. The second-order valence-corrected chi connectivity index (χ2v) is 4.91. The van der Waals surface area contributed by atoms with E-state index in [2.05, 4.69) is 21.4 Å². The molecular formula is C15H15N3O2. The molecule has 5 nitrogen and oxygen atoms in total. The normalized spacial score (nSPS) is 17.3. The summed E-state index contributed by atoms with van der Waals surface area (Å²) in [6.45, 7) is 0. The van der Waals surface area contributed by atoms with E-state index in [0.717, 1.165) is 24.8 Å². The molecule has 0 radical (unpaired) electrons. The Morgan fingerprint density at radius 1 is 1.35 bits per heavy atom. The summed E-state index contributed by atoms with van der Waals surface area (Å²) in [5, 5.41) is 2.96. The van der Waals surface area contributed by atoms with Gasteiger partial charge in [-0.25, -0.2) is 4.98 Å². The average molecular weight is 269 g/mol. The van der Waals surface area contributed by atoms with Gasteiger partial charge in [0.05, 0.1) is 12.4 Å². The summed E-state index contributed by atoms with van der Waals surface area (Å²) in [4.78, 5) is 29.7. The molecule has 1 aromatic carbocycles. The van der Waals surface area contributed by atoms with E-state index in [1.54, 1.807) is 0 Å². The lowest BCUT2D eigenvalue weighted by Gasteiger charge is -2.26. The van der Waals surface area contributed by atoms with Crippen molar-refractivity contribution in [2.45, 2.75) is 25.3 Å². The molecule has 5 heteroatoms. The van der Waals surface area contributed by atoms with Crippen LogP contribution in [0.25, 0.3) is 0 Å². The highest BCUT2D eigenvalue weighted by atomic mass is 16.2. The topological polar surface area (TPSA) is 74.8 Å². The first-order chi connectivity index (χ1) is 9.74. The van der Waals surface area contributed by atoms with Crippen molar-refractivity contribution in [3.63, 3.8) is 0 Å². The molecule has 3 rings (SSSR count). The van der Waals surface area contributed by atoms with Crippen molar-refractivity contribution in [2.75, 3.05) is 0 Å². The molecule has 2 aromatic rings. The van der Waals surface area contributed by atoms with Crippen molar-refractivity contribution >= 4 is 5.91 Å². The van der Waals surface area contributed by atoms with Crippen molar-refractivity contribution in [3.8, 4) is 0 Å². The average Bonchev–Trinajstić information content (AvgIpc) is 2.47. The predicted octanol–water partition coefficient (Wildman–Crippen LogP) is 1.58. The fraction of sp³-hybridized carbons (Fsp3) is 0.267. The van der Waals surface area contributed by atoms with Gasteiger partial charge in [0.1, 0.15) is 5.69 Å². The van der Waals surface area contributed by atoms with E-state index in [1.165, 1.54) is 18.0 Å². The molecule has 102 valence electrons. The van der Waals surface area contributed by atoms with Crippen LogP contribution in [0.4, 0.5) is 0 Å². The van der Waals surface area contributed by atoms with Crippen molar-refractivity contribution < 1.29 is 4.79 Å². The molecule has 0 fully saturated rings. The summed E-state index contributed by atoms with van der Waals surface area (Å²) < 4.78 is 0. The number of aromatic nitrogens is 2. The second-order valence-electron chi connectivity index (χ2n) is 4.91. The lowest BCUT2D eigenvalue weighted by molar-refractivity contribution is 0.0927. The summed E-state index contributed by atoms with van der Waals surface area (Å²) in [7, 11) is 0. The molecule has 0 unspecified atom stereocenters. The first kappa shape index (κ1) is 12.6. The molecule has 0 aliphatic heterocycles.